The van der Waals surface area contributed by atoms with Crippen molar-refractivity contribution in [3.8, 4) is 0 Å². The summed E-state index contributed by atoms with van der Waals surface area (Å²) in [5.74, 6) is 1.68. The molecule has 150 valence electrons. The van der Waals surface area contributed by atoms with Gasteiger partial charge in [0.25, 0.3) is 0 Å². The van der Waals surface area contributed by atoms with E-state index in [1.54, 1.807) is 0 Å². The first kappa shape index (κ1) is 20.2. The van der Waals surface area contributed by atoms with Crippen LogP contribution in [0.25, 0.3) is 0 Å². The van der Waals surface area contributed by atoms with Gasteiger partial charge in [-0.15, -0.1) is 0 Å². The number of aliphatic imine (C=N–C) groups is 1. The Morgan fingerprint density at radius 1 is 1.15 bits per heavy atom. The van der Waals surface area contributed by atoms with Gasteiger partial charge in [0.05, 0.1) is 6.61 Å². The molecule has 1 aromatic rings. The fraction of sp³-hybridized carbons (Fsp3) is 0.682. The second kappa shape index (κ2) is 10.1. The van der Waals surface area contributed by atoms with E-state index in [1.807, 2.05) is 7.05 Å². The minimum absolute atomic E-state index is 0.522. The molecule has 1 unspecified atom stereocenters. The van der Waals surface area contributed by atoms with Gasteiger partial charge in [0, 0.05) is 45.9 Å². The van der Waals surface area contributed by atoms with Gasteiger partial charge in [-0.2, -0.15) is 0 Å². The van der Waals surface area contributed by atoms with Crippen molar-refractivity contribution in [1.29, 1.82) is 0 Å². The molecule has 0 saturated carbocycles. The Morgan fingerprint density at radius 3 is 2.52 bits per heavy atom. The van der Waals surface area contributed by atoms with Crippen LogP contribution in [0.2, 0.25) is 0 Å². The molecule has 2 fully saturated rings. The number of hydrogen-bond donors (Lipinski definition) is 2. The zero-order valence-corrected chi connectivity index (χ0v) is 17.3. The van der Waals surface area contributed by atoms with Crippen LogP contribution in [0.3, 0.4) is 0 Å². The van der Waals surface area contributed by atoms with E-state index < -0.39 is 0 Å². The number of rotatable bonds is 6. The Morgan fingerprint density at radius 2 is 1.89 bits per heavy atom. The van der Waals surface area contributed by atoms with E-state index in [9.17, 15) is 0 Å². The van der Waals surface area contributed by atoms with Crippen LogP contribution in [0.1, 0.15) is 36.0 Å². The summed E-state index contributed by atoms with van der Waals surface area (Å²) in [6, 6.07) is 7.30. The lowest BCUT2D eigenvalue weighted by Gasteiger charge is -2.34. The van der Waals surface area contributed by atoms with Crippen LogP contribution in [0.5, 0.6) is 0 Å². The molecule has 0 amide bonds. The molecule has 5 heteroatoms. The van der Waals surface area contributed by atoms with Crippen molar-refractivity contribution in [3.05, 3.63) is 34.9 Å². The average molecular weight is 373 g/mol. The SMILES string of the molecule is CN=C(NCCc1cc(C)cc(C)c1)NC1CCN(CC2CCOC2)CC1. The molecule has 2 aliphatic rings. The Hall–Kier alpha value is -1.59. The predicted molar refractivity (Wildman–Crippen MR) is 113 cm³/mol. The number of ether oxygens (including phenoxy) is 1. The second-order valence-corrected chi connectivity index (χ2v) is 8.19. The van der Waals surface area contributed by atoms with E-state index in [4.69, 9.17) is 4.74 Å². The predicted octanol–water partition coefficient (Wildman–Crippen LogP) is 2.51. The van der Waals surface area contributed by atoms with E-state index in [1.165, 1.54) is 55.6 Å². The zero-order chi connectivity index (χ0) is 19.1. The van der Waals surface area contributed by atoms with Crippen molar-refractivity contribution < 1.29 is 4.74 Å². The monoisotopic (exact) mass is 372 g/mol. The lowest BCUT2D eigenvalue weighted by atomic mass is 10.0. The molecule has 1 atom stereocenters. The Kier molecular flexibility index (Phi) is 7.53. The summed E-state index contributed by atoms with van der Waals surface area (Å²) >= 11 is 0. The first-order valence-corrected chi connectivity index (χ1v) is 10.5. The molecule has 5 nitrogen and oxygen atoms in total. The summed E-state index contributed by atoms with van der Waals surface area (Å²) in [5.41, 5.74) is 4.06. The number of nitrogens with one attached hydrogen (secondary N) is 2. The molecule has 2 N–H and O–H groups in total. The van der Waals surface area contributed by atoms with E-state index in [2.05, 4.69) is 52.6 Å². The van der Waals surface area contributed by atoms with Crippen LogP contribution in [-0.2, 0) is 11.2 Å². The van der Waals surface area contributed by atoms with Gasteiger partial charge in [-0.3, -0.25) is 4.99 Å². The number of aryl methyl sites for hydroxylation is 2. The van der Waals surface area contributed by atoms with E-state index in [0.29, 0.717) is 6.04 Å². The van der Waals surface area contributed by atoms with Crippen molar-refractivity contribution in [2.24, 2.45) is 10.9 Å². The maximum Gasteiger partial charge on any atom is 0.191 e. The van der Waals surface area contributed by atoms with Crippen molar-refractivity contribution >= 4 is 5.96 Å². The van der Waals surface area contributed by atoms with E-state index in [-0.39, 0.29) is 0 Å². The number of guanidine groups is 1. The summed E-state index contributed by atoms with van der Waals surface area (Å²) in [4.78, 5) is 7.02. The zero-order valence-electron chi connectivity index (χ0n) is 17.3. The van der Waals surface area contributed by atoms with Crippen LogP contribution in [0.4, 0.5) is 0 Å². The Labute approximate surface area is 164 Å². The highest BCUT2D eigenvalue weighted by Gasteiger charge is 2.24. The Bertz CT molecular complexity index is 596. The lowest BCUT2D eigenvalue weighted by molar-refractivity contribution is 0.150. The molecule has 2 aliphatic heterocycles. The minimum atomic E-state index is 0.522. The fourth-order valence-corrected chi connectivity index (χ4v) is 4.28. The van der Waals surface area contributed by atoms with Crippen LogP contribution in [-0.4, -0.2) is 63.3 Å². The largest absolute Gasteiger partial charge is 0.381 e. The first-order valence-electron chi connectivity index (χ1n) is 10.5. The number of hydrogen-bond acceptors (Lipinski definition) is 3. The normalized spacial score (nSPS) is 22.2. The fourth-order valence-electron chi connectivity index (χ4n) is 4.28. The highest BCUT2D eigenvalue weighted by Crippen LogP contribution is 2.17. The van der Waals surface area contributed by atoms with E-state index >= 15 is 0 Å². The smallest absolute Gasteiger partial charge is 0.191 e. The van der Waals surface area contributed by atoms with Gasteiger partial charge in [0.1, 0.15) is 0 Å². The van der Waals surface area contributed by atoms with Gasteiger partial charge in [-0.1, -0.05) is 29.3 Å². The second-order valence-electron chi connectivity index (χ2n) is 8.19. The number of nitrogens with zero attached hydrogens (tertiary/aromatic N) is 2. The third kappa shape index (κ3) is 6.51. The quantitative estimate of drug-likeness (QED) is 0.595. The van der Waals surface area contributed by atoms with Crippen molar-refractivity contribution in [1.82, 2.24) is 15.5 Å². The third-order valence-corrected chi connectivity index (χ3v) is 5.68. The van der Waals surface area contributed by atoms with Gasteiger partial charge in [-0.25, -0.2) is 0 Å². The molecular weight excluding hydrogens is 336 g/mol. The molecule has 1 aromatic carbocycles. The molecule has 27 heavy (non-hydrogen) atoms. The molecule has 0 spiro atoms. The Balaban J connectivity index is 1.36. The summed E-state index contributed by atoms with van der Waals surface area (Å²) in [6.07, 6.45) is 4.62. The van der Waals surface area contributed by atoms with E-state index in [0.717, 1.165) is 38.1 Å². The summed E-state index contributed by atoms with van der Waals surface area (Å²) in [5, 5.41) is 7.10. The maximum absolute atomic E-state index is 5.51. The van der Waals surface area contributed by atoms with Crippen molar-refractivity contribution in [2.75, 3.05) is 46.4 Å². The van der Waals surface area contributed by atoms with Crippen LogP contribution in [0, 0.1) is 19.8 Å². The summed E-state index contributed by atoms with van der Waals surface area (Å²) < 4.78 is 5.51. The lowest BCUT2D eigenvalue weighted by Crippen LogP contribution is -2.49. The van der Waals surface area contributed by atoms with Crippen molar-refractivity contribution in [3.63, 3.8) is 0 Å². The first-order chi connectivity index (χ1) is 13.1. The van der Waals surface area contributed by atoms with Gasteiger partial charge in [0.15, 0.2) is 5.96 Å². The molecular formula is C22H36N4O. The number of piperidine rings is 1. The molecule has 2 saturated heterocycles. The van der Waals surface area contributed by atoms with Gasteiger partial charge in [-0.05, 0) is 51.0 Å². The van der Waals surface area contributed by atoms with Crippen molar-refractivity contribution in [2.45, 2.75) is 45.6 Å². The molecule has 2 heterocycles. The maximum atomic E-state index is 5.51. The molecule has 0 aromatic heterocycles. The van der Waals surface area contributed by atoms with Crippen LogP contribution < -0.4 is 10.6 Å². The standard InChI is InChI=1S/C22H36N4O/c1-17-12-18(2)14-19(13-17)4-8-24-22(23-3)25-21-5-9-26(10-6-21)15-20-7-11-27-16-20/h12-14,20-21H,4-11,15-16H2,1-3H3,(H2,23,24,25). The van der Waals surface area contributed by atoms with Crippen LogP contribution >= 0.6 is 0 Å². The summed E-state index contributed by atoms with van der Waals surface area (Å²) in [6.45, 7) is 10.7. The number of likely N-dealkylation sites (tertiary alicyclic amines) is 1. The highest BCUT2D eigenvalue weighted by atomic mass is 16.5. The minimum Gasteiger partial charge on any atom is -0.381 e. The number of benzene rings is 1. The topological polar surface area (TPSA) is 48.9 Å². The molecule has 0 aliphatic carbocycles. The molecule has 3 rings (SSSR count). The molecule has 0 radical (unpaired) electrons. The van der Waals surface area contributed by atoms with Gasteiger partial charge >= 0.3 is 0 Å². The summed E-state index contributed by atoms with van der Waals surface area (Å²) in [7, 11) is 1.86. The third-order valence-electron chi connectivity index (χ3n) is 5.68. The highest BCUT2D eigenvalue weighted by molar-refractivity contribution is 5.79. The van der Waals surface area contributed by atoms with Crippen LogP contribution in [0.15, 0.2) is 23.2 Å². The average Bonchev–Trinajstić information content (AvgIpc) is 3.14. The van der Waals surface area contributed by atoms with Gasteiger partial charge < -0.3 is 20.3 Å². The van der Waals surface area contributed by atoms with Gasteiger partial charge in [0.2, 0.25) is 0 Å². The molecule has 0 bridgehead atoms.